The lowest BCUT2D eigenvalue weighted by atomic mass is 10.1. The summed E-state index contributed by atoms with van der Waals surface area (Å²) in [7, 11) is 9.41. The zero-order chi connectivity index (χ0) is 20.0. The fourth-order valence-corrected chi connectivity index (χ4v) is 3.19. The Hall–Kier alpha value is -1.89. The number of guanidine groups is 1. The lowest BCUT2D eigenvalue weighted by Gasteiger charge is -2.26. The van der Waals surface area contributed by atoms with E-state index in [4.69, 9.17) is 27.9 Å². The molecule has 2 rings (SSSR count). The third kappa shape index (κ3) is 5.54. The fraction of sp³-hybridized carbons (Fsp3) is 0.421. The summed E-state index contributed by atoms with van der Waals surface area (Å²) in [5.74, 6) is 1.56. The number of hydrogen-bond acceptors (Lipinski definition) is 3. The van der Waals surface area contributed by atoms with Crippen molar-refractivity contribution in [1.29, 1.82) is 0 Å². The van der Waals surface area contributed by atoms with Crippen molar-refractivity contribution in [2.75, 3.05) is 34.8 Å². The molecule has 27 heavy (non-hydrogen) atoms. The number of nitrogens with one attached hydrogen (secondary N) is 2. The first-order valence-corrected chi connectivity index (χ1v) is 9.37. The fourth-order valence-electron chi connectivity index (χ4n) is 2.77. The minimum atomic E-state index is 0.188. The van der Waals surface area contributed by atoms with E-state index in [0.29, 0.717) is 29.2 Å². The molecule has 0 amide bonds. The van der Waals surface area contributed by atoms with Crippen molar-refractivity contribution >= 4 is 29.2 Å². The van der Waals surface area contributed by atoms with Crippen molar-refractivity contribution in [1.82, 2.24) is 20.1 Å². The number of aliphatic imine (C=N–C) groups is 1. The molecule has 1 aromatic heterocycles. The molecule has 2 aromatic rings. The Balaban J connectivity index is 1.98. The lowest BCUT2D eigenvalue weighted by Crippen LogP contribution is -2.41. The van der Waals surface area contributed by atoms with Gasteiger partial charge in [-0.2, -0.15) is 0 Å². The average molecular weight is 412 g/mol. The van der Waals surface area contributed by atoms with Gasteiger partial charge in [0.25, 0.3) is 0 Å². The molecule has 0 saturated carbocycles. The molecular formula is C19H27Cl2N5O. The summed E-state index contributed by atoms with van der Waals surface area (Å²) in [5.41, 5.74) is 2.18. The maximum Gasteiger partial charge on any atom is 0.191 e. The van der Waals surface area contributed by atoms with Crippen molar-refractivity contribution in [2.24, 2.45) is 12.0 Å². The third-order valence-corrected chi connectivity index (χ3v) is 5.31. The molecule has 6 nitrogen and oxygen atoms in total. The molecular weight excluding hydrogens is 385 g/mol. The van der Waals surface area contributed by atoms with Gasteiger partial charge in [-0.05, 0) is 37.9 Å². The number of ether oxygens (including phenoxy) is 1. The van der Waals surface area contributed by atoms with Gasteiger partial charge in [-0.25, -0.2) is 0 Å². The number of methoxy groups -OCH3 is 1. The average Bonchev–Trinajstić information content (AvgIpc) is 2.91. The number of aromatic nitrogens is 1. The highest BCUT2D eigenvalue weighted by Crippen LogP contribution is 2.25. The zero-order valence-corrected chi connectivity index (χ0v) is 17.9. The molecule has 0 aliphatic heterocycles. The van der Waals surface area contributed by atoms with Crippen LogP contribution in [0.15, 0.2) is 35.3 Å². The minimum absolute atomic E-state index is 0.188. The van der Waals surface area contributed by atoms with Gasteiger partial charge in [0.2, 0.25) is 0 Å². The van der Waals surface area contributed by atoms with E-state index < -0.39 is 0 Å². The lowest BCUT2D eigenvalue weighted by molar-refractivity contribution is 0.298. The summed E-state index contributed by atoms with van der Waals surface area (Å²) in [6.45, 7) is 1.27. The van der Waals surface area contributed by atoms with E-state index in [-0.39, 0.29) is 6.04 Å². The second kappa shape index (κ2) is 9.88. The maximum absolute atomic E-state index is 6.12. The summed E-state index contributed by atoms with van der Waals surface area (Å²) in [6, 6.07) is 10.1. The predicted octanol–water partition coefficient (Wildman–Crippen LogP) is 3.31. The van der Waals surface area contributed by atoms with Crippen LogP contribution < -0.4 is 15.4 Å². The molecule has 1 atom stereocenters. The smallest absolute Gasteiger partial charge is 0.191 e. The Morgan fingerprint density at radius 2 is 1.89 bits per heavy atom. The monoisotopic (exact) mass is 411 g/mol. The van der Waals surface area contributed by atoms with Gasteiger partial charge >= 0.3 is 0 Å². The summed E-state index contributed by atoms with van der Waals surface area (Å²) in [5, 5.41) is 7.75. The SMILES string of the molecule is CN=C(NCc1cc(Cl)c(Cl)n1C)NCC(c1ccc(OC)cc1)N(C)C. The molecule has 1 aromatic carbocycles. The minimum Gasteiger partial charge on any atom is -0.497 e. The highest BCUT2D eigenvalue weighted by atomic mass is 35.5. The normalized spacial score (nSPS) is 13.0. The molecule has 0 spiro atoms. The van der Waals surface area contributed by atoms with E-state index >= 15 is 0 Å². The molecule has 0 fully saturated rings. The Bertz CT molecular complexity index is 771. The first kappa shape index (κ1) is 21.4. The van der Waals surface area contributed by atoms with Gasteiger partial charge in [0.15, 0.2) is 5.96 Å². The number of likely N-dealkylation sites (N-methyl/N-ethyl adjacent to an activating group) is 1. The van der Waals surface area contributed by atoms with Crippen LogP contribution in [0.2, 0.25) is 10.2 Å². The Kier molecular flexibility index (Phi) is 7.83. The van der Waals surface area contributed by atoms with E-state index in [1.165, 1.54) is 5.56 Å². The maximum atomic E-state index is 6.12. The first-order chi connectivity index (χ1) is 12.9. The highest BCUT2D eigenvalue weighted by Gasteiger charge is 2.15. The van der Waals surface area contributed by atoms with Gasteiger partial charge in [-0.15, -0.1) is 0 Å². The van der Waals surface area contributed by atoms with Gasteiger partial charge in [-0.3, -0.25) is 4.99 Å². The summed E-state index contributed by atoms with van der Waals surface area (Å²) >= 11 is 12.2. The molecule has 1 unspecified atom stereocenters. The second-order valence-electron chi connectivity index (χ2n) is 6.39. The number of rotatable bonds is 7. The van der Waals surface area contributed by atoms with Crippen molar-refractivity contribution in [3.63, 3.8) is 0 Å². The molecule has 0 bridgehead atoms. The number of benzene rings is 1. The van der Waals surface area contributed by atoms with Crippen LogP contribution in [0.5, 0.6) is 5.75 Å². The second-order valence-corrected chi connectivity index (χ2v) is 7.16. The zero-order valence-electron chi connectivity index (χ0n) is 16.4. The Morgan fingerprint density at radius 1 is 1.22 bits per heavy atom. The molecule has 8 heteroatoms. The van der Waals surface area contributed by atoms with E-state index in [0.717, 1.165) is 11.4 Å². The largest absolute Gasteiger partial charge is 0.497 e. The van der Waals surface area contributed by atoms with E-state index in [2.05, 4.69) is 46.8 Å². The van der Waals surface area contributed by atoms with Crippen molar-refractivity contribution in [3.05, 3.63) is 51.8 Å². The molecule has 0 radical (unpaired) electrons. The number of nitrogens with zero attached hydrogens (tertiary/aromatic N) is 3. The van der Waals surface area contributed by atoms with E-state index in [1.807, 2.05) is 29.8 Å². The van der Waals surface area contributed by atoms with Crippen LogP contribution in [-0.2, 0) is 13.6 Å². The van der Waals surface area contributed by atoms with Crippen LogP contribution in [0.25, 0.3) is 0 Å². The molecule has 0 aliphatic rings. The predicted molar refractivity (Wildman–Crippen MR) is 113 cm³/mol. The molecule has 0 saturated heterocycles. The van der Waals surface area contributed by atoms with Crippen molar-refractivity contribution in [3.8, 4) is 5.75 Å². The van der Waals surface area contributed by atoms with Gasteiger partial charge in [-0.1, -0.05) is 35.3 Å². The Labute approximate surface area is 171 Å². The van der Waals surface area contributed by atoms with Crippen LogP contribution in [0.4, 0.5) is 0 Å². The first-order valence-electron chi connectivity index (χ1n) is 8.61. The van der Waals surface area contributed by atoms with Gasteiger partial charge in [0.05, 0.1) is 24.7 Å². The van der Waals surface area contributed by atoms with Crippen LogP contribution in [-0.4, -0.2) is 50.2 Å². The van der Waals surface area contributed by atoms with Crippen LogP contribution in [0, 0.1) is 0 Å². The number of hydrogen-bond donors (Lipinski definition) is 2. The molecule has 1 heterocycles. The summed E-state index contributed by atoms with van der Waals surface area (Å²) in [6.07, 6.45) is 0. The van der Waals surface area contributed by atoms with Gasteiger partial charge < -0.3 is 24.8 Å². The van der Waals surface area contributed by atoms with Gasteiger partial charge in [0, 0.05) is 26.3 Å². The highest BCUT2D eigenvalue weighted by molar-refractivity contribution is 6.41. The molecule has 148 valence electrons. The number of halogens is 2. The molecule has 2 N–H and O–H groups in total. The quantitative estimate of drug-likeness (QED) is 0.541. The van der Waals surface area contributed by atoms with Crippen molar-refractivity contribution < 1.29 is 4.74 Å². The van der Waals surface area contributed by atoms with E-state index in [9.17, 15) is 0 Å². The summed E-state index contributed by atoms with van der Waals surface area (Å²) in [4.78, 5) is 6.46. The standard InChI is InChI=1S/C19H27Cl2N5O/c1-22-19(23-11-14-10-16(20)18(21)26(14)4)24-12-17(25(2)3)13-6-8-15(27-5)9-7-13/h6-10,17H,11-12H2,1-5H3,(H2,22,23,24). The van der Waals surface area contributed by atoms with E-state index in [1.54, 1.807) is 14.2 Å². The van der Waals surface area contributed by atoms with Crippen molar-refractivity contribution in [2.45, 2.75) is 12.6 Å². The Morgan fingerprint density at radius 3 is 2.37 bits per heavy atom. The van der Waals surface area contributed by atoms with Crippen LogP contribution in [0.3, 0.4) is 0 Å². The summed E-state index contributed by atoms with van der Waals surface area (Å²) < 4.78 is 7.09. The van der Waals surface area contributed by atoms with Crippen LogP contribution >= 0.6 is 23.2 Å². The van der Waals surface area contributed by atoms with Gasteiger partial charge in [0.1, 0.15) is 10.9 Å². The topological polar surface area (TPSA) is 53.8 Å². The third-order valence-electron chi connectivity index (χ3n) is 4.46. The van der Waals surface area contributed by atoms with Crippen LogP contribution in [0.1, 0.15) is 17.3 Å². The molecule has 0 aliphatic carbocycles.